The lowest BCUT2D eigenvalue weighted by molar-refractivity contribution is -0.153. The number of esters is 2. The summed E-state index contributed by atoms with van der Waals surface area (Å²) in [5.74, 6) is -1.01. The molecule has 0 aliphatic heterocycles. The Hall–Kier alpha value is -1.03. The molecule has 10 nitrogen and oxygen atoms in total. The zero-order chi connectivity index (χ0) is 41.2. The Morgan fingerprint density at radius 3 is 0.839 bits per heavy atom. The van der Waals surface area contributed by atoms with E-state index < -0.39 is 58.4 Å². The number of ether oxygens (including phenoxy) is 2. The molecule has 3 unspecified atom stereocenters. The largest absolute Gasteiger partial charge is 0.472 e. The van der Waals surface area contributed by atoms with Gasteiger partial charge in [0.1, 0.15) is 12.2 Å². The summed E-state index contributed by atoms with van der Waals surface area (Å²) >= 11 is 0. The third-order valence-corrected chi connectivity index (χ3v) is 11.5. The van der Waals surface area contributed by atoms with Crippen LogP contribution in [0.4, 0.5) is 0 Å². The van der Waals surface area contributed by atoms with E-state index in [1.54, 1.807) is 0 Å². The number of hydrogen-bond donors (Lipinski definition) is 3. The molecule has 56 heavy (non-hydrogen) atoms. The molecule has 0 saturated carbocycles. The lowest BCUT2D eigenvalue weighted by Gasteiger charge is -2.20. The Morgan fingerprint density at radius 1 is 0.411 bits per heavy atom. The standard InChI is InChI=1S/C45H89O10P/c1-3-5-7-9-11-13-15-16-17-18-19-20-21-22-23-24-25-26-27-29-31-33-35-37-45(49)55-43(39-47)41-53-56(50,51)52-40-42(38-46)54-44(48)36-34-32-30-28-14-12-10-8-6-4-2/h42-43,46-47H,3-41H2,1-2H3,(H,50,51). The van der Waals surface area contributed by atoms with E-state index in [9.17, 15) is 29.3 Å². The zero-order valence-corrected chi connectivity index (χ0v) is 37.3. The second kappa shape index (κ2) is 42.1. The van der Waals surface area contributed by atoms with Crippen molar-refractivity contribution in [2.24, 2.45) is 0 Å². The molecule has 0 radical (unpaired) electrons. The van der Waals surface area contributed by atoms with E-state index in [2.05, 4.69) is 13.8 Å². The van der Waals surface area contributed by atoms with Crippen molar-refractivity contribution in [2.45, 2.75) is 251 Å². The summed E-state index contributed by atoms with van der Waals surface area (Å²) in [4.78, 5) is 34.5. The molecule has 0 saturated heterocycles. The fraction of sp³-hybridized carbons (Fsp3) is 0.956. The van der Waals surface area contributed by atoms with Crippen molar-refractivity contribution in [3.8, 4) is 0 Å². The normalized spacial score (nSPS) is 13.7. The topological polar surface area (TPSA) is 149 Å². The van der Waals surface area contributed by atoms with Gasteiger partial charge in [0, 0.05) is 12.8 Å². The number of carbonyl (C=O) groups is 2. The number of aliphatic hydroxyl groups is 2. The van der Waals surface area contributed by atoms with E-state index in [0.717, 1.165) is 38.5 Å². The molecule has 0 aromatic rings. The van der Waals surface area contributed by atoms with Crippen molar-refractivity contribution in [3.05, 3.63) is 0 Å². The maximum atomic E-state index is 12.3. The predicted octanol–water partition coefficient (Wildman–Crippen LogP) is 12.6. The molecule has 0 amide bonds. The van der Waals surface area contributed by atoms with Crippen LogP contribution in [0.15, 0.2) is 0 Å². The molecule has 3 atom stereocenters. The minimum atomic E-state index is -4.63. The fourth-order valence-electron chi connectivity index (χ4n) is 6.94. The Bertz CT molecular complexity index is 904. The van der Waals surface area contributed by atoms with Gasteiger partial charge in [-0.05, 0) is 12.8 Å². The molecule has 334 valence electrons. The van der Waals surface area contributed by atoms with Gasteiger partial charge in [-0.2, -0.15) is 0 Å². The molecule has 0 aromatic heterocycles. The van der Waals surface area contributed by atoms with Crippen molar-refractivity contribution in [3.63, 3.8) is 0 Å². The van der Waals surface area contributed by atoms with E-state index in [1.165, 1.54) is 161 Å². The van der Waals surface area contributed by atoms with Gasteiger partial charge in [-0.1, -0.05) is 213 Å². The van der Waals surface area contributed by atoms with Crippen LogP contribution in [0.2, 0.25) is 0 Å². The third kappa shape index (κ3) is 39.8. The first kappa shape index (κ1) is 55.0. The average molecular weight is 821 g/mol. The van der Waals surface area contributed by atoms with Gasteiger partial charge in [0.2, 0.25) is 0 Å². The van der Waals surface area contributed by atoms with Gasteiger partial charge in [0.05, 0.1) is 26.4 Å². The van der Waals surface area contributed by atoms with E-state index in [0.29, 0.717) is 12.8 Å². The second-order valence-corrected chi connectivity index (χ2v) is 17.6. The minimum absolute atomic E-state index is 0.198. The molecule has 0 aliphatic carbocycles. The third-order valence-electron chi connectivity index (χ3n) is 10.6. The van der Waals surface area contributed by atoms with Gasteiger partial charge in [0.25, 0.3) is 0 Å². The van der Waals surface area contributed by atoms with Crippen LogP contribution in [-0.2, 0) is 32.7 Å². The molecule has 0 aromatic carbocycles. The van der Waals surface area contributed by atoms with Crippen LogP contribution in [0.3, 0.4) is 0 Å². The van der Waals surface area contributed by atoms with Crippen LogP contribution in [0.5, 0.6) is 0 Å². The Labute approximate surface area is 344 Å². The van der Waals surface area contributed by atoms with Crippen LogP contribution in [0, 0.1) is 0 Å². The maximum absolute atomic E-state index is 12.3. The van der Waals surface area contributed by atoms with Crippen molar-refractivity contribution < 1.29 is 47.8 Å². The first-order chi connectivity index (χ1) is 27.3. The molecule has 0 fully saturated rings. The minimum Gasteiger partial charge on any atom is -0.457 e. The number of phosphoric acid groups is 1. The fourth-order valence-corrected chi connectivity index (χ4v) is 7.73. The van der Waals surface area contributed by atoms with Gasteiger partial charge >= 0.3 is 19.8 Å². The Kier molecular flexibility index (Phi) is 41.3. The monoisotopic (exact) mass is 821 g/mol. The van der Waals surface area contributed by atoms with Gasteiger partial charge < -0.3 is 24.6 Å². The Balaban J connectivity index is 3.77. The summed E-state index contributed by atoms with van der Waals surface area (Å²) in [5.41, 5.74) is 0. The number of hydrogen-bond acceptors (Lipinski definition) is 9. The summed E-state index contributed by atoms with van der Waals surface area (Å²) < 4.78 is 32.6. The van der Waals surface area contributed by atoms with Gasteiger partial charge in [-0.15, -0.1) is 0 Å². The summed E-state index contributed by atoms with van der Waals surface area (Å²) in [5, 5.41) is 19.1. The summed E-state index contributed by atoms with van der Waals surface area (Å²) in [6, 6.07) is 0. The molecule has 0 heterocycles. The van der Waals surface area contributed by atoms with Crippen LogP contribution in [0.1, 0.15) is 239 Å². The summed E-state index contributed by atoms with van der Waals surface area (Å²) in [6.07, 6.45) is 39.5. The highest BCUT2D eigenvalue weighted by atomic mass is 31.2. The number of aliphatic hydroxyl groups excluding tert-OH is 2. The van der Waals surface area contributed by atoms with E-state index in [4.69, 9.17) is 18.5 Å². The number of unbranched alkanes of at least 4 members (excludes halogenated alkanes) is 31. The highest BCUT2D eigenvalue weighted by molar-refractivity contribution is 7.47. The summed E-state index contributed by atoms with van der Waals surface area (Å²) in [6.45, 7) is 2.23. The van der Waals surface area contributed by atoms with Crippen molar-refractivity contribution >= 4 is 19.8 Å². The number of phosphoric ester groups is 1. The highest BCUT2D eigenvalue weighted by Crippen LogP contribution is 2.43. The number of rotatable bonds is 45. The molecule has 3 N–H and O–H groups in total. The van der Waals surface area contributed by atoms with Crippen molar-refractivity contribution in [1.29, 1.82) is 0 Å². The first-order valence-corrected chi connectivity index (χ1v) is 25.0. The molecule has 0 bridgehead atoms. The molecular weight excluding hydrogens is 731 g/mol. The van der Waals surface area contributed by atoms with E-state index in [-0.39, 0.29) is 12.8 Å². The second-order valence-electron chi connectivity index (χ2n) is 16.1. The lowest BCUT2D eigenvalue weighted by Crippen LogP contribution is -2.28. The first-order valence-electron chi connectivity index (χ1n) is 23.5. The summed E-state index contributed by atoms with van der Waals surface area (Å²) in [7, 11) is -4.63. The Morgan fingerprint density at radius 2 is 0.625 bits per heavy atom. The van der Waals surface area contributed by atoms with E-state index in [1.807, 2.05) is 0 Å². The molecule has 0 spiro atoms. The molecule has 0 aliphatic rings. The SMILES string of the molecule is CCCCCCCCCCCCCCCCCCCCCCCCCC(=O)OC(CO)COP(=O)(O)OCC(CO)OC(=O)CCCCCCCCCCCC. The van der Waals surface area contributed by atoms with Crippen LogP contribution >= 0.6 is 7.82 Å². The maximum Gasteiger partial charge on any atom is 0.472 e. The van der Waals surface area contributed by atoms with Crippen molar-refractivity contribution in [2.75, 3.05) is 26.4 Å². The number of carbonyl (C=O) groups excluding carboxylic acids is 2. The van der Waals surface area contributed by atoms with E-state index >= 15 is 0 Å². The smallest absolute Gasteiger partial charge is 0.457 e. The van der Waals surface area contributed by atoms with Crippen LogP contribution < -0.4 is 0 Å². The van der Waals surface area contributed by atoms with Gasteiger partial charge in [-0.25, -0.2) is 4.57 Å². The highest BCUT2D eigenvalue weighted by Gasteiger charge is 2.27. The predicted molar refractivity (Wildman–Crippen MR) is 229 cm³/mol. The van der Waals surface area contributed by atoms with Crippen molar-refractivity contribution in [1.82, 2.24) is 0 Å². The van der Waals surface area contributed by atoms with Crippen LogP contribution in [0.25, 0.3) is 0 Å². The quantitative estimate of drug-likeness (QED) is 0.0308. The lowest BCUT2D eigenvalue weighted by atomic mass is 10.0. The molecule has 0 rings (SSSR count). The average Bonchev–Trinajstić information content (AvgIpc) is 3.19. The van der Waals surface area contributed by atoms with Gasteiger partial charge in [0.15, 0.2) is 0 Å². The molecular formula is C45H89O10P. The zero-order valence-electron chi connectivity index (χ0n) is 36.4. The molecule has 11 heteroatoms. The van der Waals surface area contributed by atoms with Gasteiger partial charge in [-0.3, -0.25) is 18.6 Å². The van der Waals surface area contributed by atoms with Crippen LogP contribution in [-0.4, -0.2) is 65.7 Å².